The molecule has 1 aliphatic heterocycles. The van der Waals surface area contributed by atoms with Crippen LogP contribution < -0.4 is 5.32 Å². The second kappa shape index (κ2) is 5.15. The van der Waals surface area contributed by atoms with E-state index in [9.17, 15) is 8.42 Å². The first-order chi connectivity index (χ1) is 9.47. The van der Waals surface area contributed by atoms with E-state index in [0.717, 1.165) is 19.3 Å². The molecular formula is C16H23NO2S. The Labute approximate surface area is 121 Å². The van der Waals surface area contributed by atoms with Crippen molar-refractivity contribution in [3.8, 4) is 0 Å². The van der Waals surface area contributed by atoms with Gasteiger partial charge in [0.2, 0.25) is 0 Å². The summed E-state index contributed by atoms with van der Waals surface area (Å²) < 4.78 is 23.8. The molecule has 110 valence electrons. The molecule has 1 aliphatic carbocycles. The van der Waals surface area contributed by atoms with Crippen molar-refractivity contribution < 1.29 is 8.42 Å². The zero-order valence-electron chi connectivity index (χ0n) is 12.2. The third kappa shape index (κ3) is 2.51. The minimum absolute atomic E-state index is 0.177. The highest BCUT2D eigenvalue weighted by Crippen LogP contribution is 2.36. The van der Waals surface area contributed by atoms with Crippen molar-refractivity contribution in [3.05, 3.63) is 34.9 Å². The first kappa shape index (κ1) is 14.1. The second-order valence-corrected chi connectivity index (χ2v) is 8.80. The fourth-order valence-corrected chi connectivity index (χ4v) is 5.40. The van der Waals surface area contributed by atoms with E-state index in [1.807, 2.05) is 0 Å². The van der Waals surface area contributed by atoms with Gasteiger partial charge in [0.1, 0.15) is 0 Å². The van der Waals surface area contributed by atoms with Crippen LogP contribution in [0.25, 0.3) is 0 Å². The molecule has 0 spiro atoms. The standard InChI is InChI=1S/C16H23NO2S/c1-11-5-6-13-9-12(2)16(15(13)8-11)17-10-14-4-3-7-20(14,18)19/h5-6,8,12,14,16-17H,3-4,7,9-10H2,1-2H3/t12-,14-,16+/m0/s1. The molecule has 1 saturated heterocycles. The summed E-state index contributed by atoms with van der Waals surface area (Å²) in [5, 5.41) is 3.36. The number of hydrogen-bond donors (Lipinski definition) is 1. The zero-order chi connectivity index (χ0) is 14.3. The van der Waals surface area contributed by atoms with Crippen LogP contribution in [-0.2, 0) is 16.3 Å². The zero-order valence-corrected chi connectivity index (χ0v) is 13.0. The molecule has 2 aliphatic rings. The molecular weight excluding hydrogens is 270 g/mol. The lowest BCUT2D eigenvalue weighted by Crippen LogP contribution is -2.34. The van der Waals surface area contributed by atoms with Gasteiger partial charge in [0.15, 0.2) is 9.84 Å². The third-order valence-electron chi connectivity index (χ3n) is 4.78. The number of benzene rings is 1. The topological polar surface area (TPSA) is 46.2 Å². The van der Waals surface area contributed by atoms with Gasteiger partial charge in [-0.05, 0) is 43.2 Å². The second-order valence-electron chi connectivity index (χ2n) is 6.40. The lowest BCUT2D eigenvalue weighted by molar-refractivity contribution is 0.412. The average Bonchev–Trinajstić information content (AvgIpc) is 2.86. The third-order valence-corrected chi connectivity index (χ3v) is 7.05. The SMILES string of the molecule is Cc1ccc2c(c1)[C@H](NC[C@@H]1CCCS1(=O)=O)[C@@H](C)C2. The van der Waals surface area contributed by atoms with Gasteiger partial charge in [-0.25, -0.2) is 8.42 Å². The fourth-order valence-electron chi connectivity index (χ4n) is 3.62. The number of sulfone groups is 1. The molecule has 4 heteroatoms. The van der Waals surface area contributed by atoms with Crippen LogP contribution >= 0.6 is 0 Å². The van der Waals surface area contributed by atoms with Gasteiger partial charge in [0.05, 0.1) is 11.0 Å². The molecule has 0 saturated carbocycles. The summed E-state index contributed by atoms with van der Waals surface area (Å²) >= 11 is 0. The predicted octanol–water partition coefficient (Wildman–Crippen LogP) is 2.40. The van der Waals surface area contributed by atoms with Crippen molar-refractivity contribution in [1.29, 1.82) is 0 Å². The van der Waals surface area contributed by atoms with Crippen LogP contribution in [0.2, 0.25) is 0 Å². The van der Waals surface area contributed by atoms with E-state index in [-0.39, 0.29) is 5.25 Å². The van der Waals surface area contributed by atoms with Crippen molar-refractivity contribution in [3.63, 3.8) is 0 Å². The van der Waals surface area contributed by atoms with Crippen molar-refractivity contribution in [2.45, 2.75) is 44.4 Å². The summed E-state index contributed by atoms with van der Waals surface area (Å²) in [6.45, 7) is 4.96. The van der Waals surface area contributed by atoms with E-state index >= 15 is 0 Å². The predicted molar refractivity (Wildman–Crippen MR) is 81.6 cm³/mol. The molecule has 0 bridgehead atoms. The van der Waals surface area contributed by atoms with E-state index in [4.69, 9.17) is 0 Å². The Morgan fingerprint density at radius 2 is 2.15 bits per heavy atom. The molecule has 1 fully saturated rings. The van der Waals surface area contributed by atoms with Gasteiger partial charge >= 0.3 is 0 Å². The maximum atomic E-state index is 11.9. The fraction of sp³-hybridized carbons (Fsp3) is 0.625. The average molecular weight is 293 g/mol. The van der Waals surface area contributed by atoms with Gasteiger partial charge in [-0.15, -0.1) is 0 Å². The lowest BCUT2D eigenvalue weighted by atomic mass is 10.0. The molecule has 3 rings (SSSR count). The summed E-state index contributed by atoms with van der Waals surface area (Å²) in [5.74, 6) is 0.908. The maximum absolute atomic E-state index is 11.9. The van der Waals surface area contributed by atoms with E-state index in [1.165, 1.54) is 16.7 Å². The number of fused-ring (bicyclic) bond motifs is 1. The highest BCUT2D eigenvalue weighted by Gasteiger charge is 2.34. The lowest BCUT2D eigenvalue weighted by Gasteiger charge is -2.21. The Hall–Kier alpha value is -0.870. The smallest absolute Gasteiger partial charge is 0.154 e. The van der Waals surface area contributed by atoms with E-state index in [1.54, 1.807) is 0 Å². The Morgan fingerprint density at radius 3 is 2.85 bits per heavy atom. The minimum Gasteiger partial charge on any atom is -0.308 e. The van der Waals surface area contributed by atoms with Crippen LogP contribution in [0.1, 0.15) is 42.5 Å². The summed E-state index contributed by atoms with van der Waals surface area (Å²) in [7, 11) is -2.84. The van der Waals surface area contributed by atoms with Crippen LogP contribution in [0.5, 0.6) is 0 Å². The van der Waals surface area contributed by atoms with Crippen LogP contribution in [0.4, 0.5) is 0 Å². The monoisotopic (exact) mass is 293 g/mol. The number of rotatable bonds is 3. The van der Waals surface area contributed by atoms with Crippen LogP contribution in [-0.4, -0.2) is 26.0 Å². The number of hydrogen-bond acceptors (Lipinski definition) is 3. The molecule has 1 aromatic carbocycles. The number of nitrogens with one attached hydrogen (secondary N) is 1. The quantitative estimate of drug-likeness (QED) is 0.931. The Kier molecular flexibility index (Phi) is 3.63. The molecule has 0 radical (unpaired) electrons. The summed E-state index contributed by atoms with van der Waals surface area (Å²) in [4.78, 5) is 0. The van der Waals surface area contributed by atoms with Crippen LogP contribution in [0.15, 0.2) is 18.2 Å². The molecule has 1 N–H and O–H groups in total. The first-order valence-electron chi connectivity index (χ1n) is 7.52. The normalized spacial score (nSPS) is 31.4. The van der Waals surface area contributed by atoms with Crippen LogP contribution in [0, 0.1) is 12.8 Å². The van der Waals surface area contributed by atoms with Gasteiger partial charge in [0.25, 0.3) is 0 Å². The molecule has 1 heterocycles. The summed E-state index contributed by atoms with van der Waals surface area (Å²) in [6.07, 6.45) is 2.73. The van der Waals surface area contributed by atoms with Gasteiger partial charge in [0, 0.05) is 12.6 Å². The molecule has 1 aromatic rings. The van der Waals surface area contributed by atoms with Gasteiger partial charge in [-0.2, -0.15) is 0 Å². The largest absolute Gasteiger partial charge is 0.308 e. The molecule has 0 unspecified atom stereocenters. The van der Waals surface area contributed by atoms with Gasteiger partial charge < -0.3 is 5.32 Å². The molecule has 0 aromatic heterocycles. The van der Waals surface area contributed by atoms with Gasteiger partial charge in [-0.3, -0.25) is 0 Å². The Balaban J connectivity index is 1.74. The summed E-state index contributed by atoms with van der Waals surface area (Å²) in [5.41, 5.74) is 4.06. The maximum Gasteiger partial charge on any atom is 0.154 e. The summed E-state index contributed by atoms with van der Waals surface area (Å²) in [6, 6.07) is 6.94. The Bertz CT molecular complexity index is 609. The molecule has 0 amide bonds. The van der Waals surface area contributed by atoms with Crippen LogP contribution in [0.3, 0.4) is 0 Å². The van der Waals surface area contributed by atoms with Crippen molar-refractivity contribution >= 4 is 9.84 Å². The van der Waals surface area contributed by atoms with E-state index < -0.39 is 9.84 Å². The van der Waals surface area contributed by atoms with Crippen molar-refractivity contribution in [2.75, 3.05) is 12.3 Å². The molecule has 3 nitrogen and oxygen atoms in total. The van der Waals surface area contributed by atoms with E-state index in [0.29, 0.717) is 24.3 Å². The molecule has 3 atom stereocenters. The number of aryl methyl sites for hydroxylation is 1. The minimum atomic E-state index is -2.84. The first-order valence-corrected chi connectivity index (χ1v) is 9.23. The van der Waals surface area contributed by atoms with Crippen molar-refractivity contribution in [2.24, 2.45) is 5.92 Å². The van der Waals surface area contributed by atoms with Gasteiger partial charge in [-0.1, -0.05) is 30.7 Å². The van der Waals surface area contributed by atoms with Crippen molar-refractivity contribution in [1.82, 2.24) is 5.32 Å². The highest BCUT2D eigenvalue weighted by atomic mass is 32.2. The highest BCUT2D eigenvalue weighted by molar-refractivity contribution is 7.92. The Morgan fingerprint density at radius 1 is 1.35 bits per heavy atom. The van der Waals surface area contributed by atoms with E-state index in [2.05, 4.69) is 37.4 Å². The molecule has 20 heavy (non-hydrogen) atoms.